The molecule has 3 aromatic carbocycles. The van der Waals surface area contributed by atoms with Crippen molar-refractivity contribution in [1.29, 1.82) is 0 Å². The SMILES string of the molecule is CCC(CC(=O)OCc1ccccc1)OC.CCC(CC(=O)OCc1ccccc1)OC.CCC(CC(=O)OCc1ccccc1)OC. The van der Waals surface area contributed by atoms with Gasteiger partial charge in [0, 0.05) is 21.3 Å². The number of esters is 3. The van der Waals surface area contributed by atoms with Crippen LogP contribution in [0.2, 0.25) is 0 Å². The lowest BCUT2D eigenvalue weighted by Crippen LogP contribution is -2.17. The molecule has 0 aliphatic heterocycles. The van der Waals surface area contributed by atoms with Crippen molar-refractivity contribution in [2.24, 2.45) is 0 Å². The fourth-order valence-corrected chi connectivity index (χ4v) is 4.13. The third-order valence-electron chi connectivity index (χ3n) is 7.28. The smallest absolute Gasteiger partial charge is 0.308 e. The molecule has 3 atom stereocenters. The molecular formula is C39H54O9. The molecule has 0 saturated heterocycles. The van der Waals surface area contributed by atoms with Crippen molar-refractivity contribution in [3.05, 3.63) is 108 Å². The van der Waals surface area contributed by atoms with Gasteiger partial charge in [-0.15, -0.1) is 0 Å². The van der Waals surface area contributed by atoms with Crippen LogP contribution in [0.1, 0.15) is 76.0 Å². The molecule has 9 heteroatoms. The molecule has 0 aliphatic carbocycles. The van der Waals surface area contributed by atoms with E-state index in [0.29, 0.717) is 39.1 Å². The molecule has 0 bridgehead atoms. The molecule has 264 valence electrons. The van der Waals surface area contributed by atoms with Crippen molar-refractivity contribution >= 4 is 17.9 Å². The standard InChI is InChI=1S/3C13H18O3/c3*1-3-12(15-2)9-13(14)16-10-11-7-5-4-6-8-11/h3*4-8,12H,3,9-10H2,1-2H3. The van der Waals surface area contributed by atoms with E-state index >= 15 is 0 Å². The van der Waals surface area contributed by atoms with Crippen molar-refractivity contribution in [3.63, 3.8) is 0 Å². The second-order valence-corrected chi connectivity index (χ2v) is 10.8. The Morgan fingerprint density at radius 1 is 0.438 bits per heavy atom. The highest BCUT2D eigenvalue weighted by atomic mass is 16.5. The van der Waals surface area contributed by atoms with E-state index < -0.39 is 0 Å². The molecule has 0 heterocycles. The summed E-state index contributed by atoms with van der Waals surface area (Å²) in [4.78, 5) is 34.3. The fourth-order valence-electron chi connectivity index (χ4n) is 4.13. The van der Waals surface area contributed by atoms with Crippen LogP contribution in [0.25, 0.3) is 0 Å². The van der Waals surface area contributed by atoms with Crippen molar-refractivity contribution in [2.75, 3.05) is 21.3 Å². The van der Waals surface area contributed by atoms with E-state index in [1.807, 2.05) is 112 Å². The third-order valence-corrected chi connectivity index (χ3v) is 7.28. The number of hydrogen-bond donors (Lipinski definition) is 0. The van der Waals surface area contributed by atoms with Gasteiger partial charge in [0.25, 0.3) is 0 Å². The van der Waals surface area contributed by atoms with Crippen LogP contribution >= 0.6 is 0 Å². The summed E-state index contributed by atoms with van der Waals surface area (Å²) in [6, 6.07) is 28.9. The van der Waals surface area contributed by atoms with Crippen molar-refractivity contribution in [2.45, 2.75) is 97.4 Å². The Balaban J connectivity index is 0.000000360. The van der Waals surface area contributed by atoms with Crippen molar-refractivity contribution < 1.29 is 42.8 Å². The first-order valence-corrected chi connectivity index (χ1v) is 16.4. The number of methoxy groups -OCH3 is 3. The molecule has 0 aliphatic rings. The maximum Gasteiger partial charge on any atom is 0.308 e. The van der Waals surface area contributed by atoms with Gasteiger partial charge in [-0.25, -0.2) is 0 Å². The average Bonchev–Trinajstić information content (AvgIpc) is 3.14. The predicted octanol–water partition coefficient (Wildman–Crippen LogP) is 7.63. The van der Waals surface area contributed by atoms with Crippen molar-refractivity contribution in [1.82, 2.24) is 0 Å². The highest BCUT2D eigenvalue weighted by Gasteiger charge is 2.14. The van der Waals surface area contributed by atoms with Crippen LogP contribution < -0.4 is 0 Å². The van der Waals surface area contributed by atoms with Gasteiger partial charge in [-0.2, -0.15) is 0 Å². The van der Waals surface area contributed by atoms with Gasteiger partial charge in [-0.1, -0.05) is 112 Å². The zero-order valence-electron chi connectivity index (χ0n) is 29.4. The quantitative estimate of drug-likeness (QED) is 0.100. The first-order valence-electron chi connectivity index (χ1n) is 16.4. The highest BCUT2D eigenvalue weighted by molar-refractivity contribution is 5.70. The van der Waals surface area contributed by atoms with E-state index in [4.69, 9.17) is 28.4 Å². The number of ether oxygens (including phenoxy) is 6. The minimum absolute atomic E-state index is 0.0386. The maximum absolute atomic E-state index is 11.4. The fraction of sp³-hybridized carbons (Fsp3) is 0.462. The molecule has 0 N–H and O–H groups in total. The Morgan fingerprint density at radius 2 is 0.667 bits per heavy atom. The largest absolute Gasteiger partial charge is 0.461 e. The first kappa shape index (κ1) is 42.0. The number of rotatable bonds is 18. The van der Waals surface area contributed by atoms with Crippen LogP contribution in [-0.4, -0.2) is 57.5 Å². The summed E-state index contributed by atoms with van der Waals surface area (Å²) >= 11 is 0. The minimum atomic E-state index is -0.211. The Labute approximate surface area is 286 Å². The maximum atomic E-state index is 11.4. The van der Waals surface area contributed by atoms with Gasteiger partial charge in [-0.05, 0) is 36.0 Å². The van der Waals surface area contributed by atoms with Gasteiger partial charge < -0.3 is 28.4 Å². The Bertz CT molecular complexity index is 1070. The van der Waals surface area contributed by atoms with Crippen LogP contribution in [0.15, 0.2) is 91.0 Å². The van der Waals surface area contributed by atoms with E-state index in [1.54, 1.807) is 21.3 Å². The van der Waals surface area contributed by atoms with E-state index in [1.165, 1.54) is 0 Å². The van der Waals surface area contributed by atoms with Crippen LogP contribution in [0.4, 0.5) is 0 Å². The lowest BCUT2D eigenvalue weighted by molar-refractivity contribution is -0.148. The van der Waals surface area contributed by atoms with Crippen LogP contribution in [0.5, 0.6) is 0 Å². The number of benzene rings is 3. The van der Waals surface area contributed by atoms with Crippen LogP contribution in [0, 0.1) is 0 Å². The molecule has 9 nitrogen and oxygen atoms in total. The Kier molecular flexibility index (Phi) is 23.6. The molecule has 0 spiro atoms. The molecule has 0 radical (unpaired) electrons. The summed E-state index contributed by atoms with van der Waals surface area (Å²) in [5, 5.41) is 0. The van der Waals surface area contributed by atoms with Gasteiger partial charge in [-0.3, -0.25) is 14.4 Å². The molecule has 0 aromatic heterocycles. The van der Waals surface area contributed by atoms with E-state index in [2.05, 4.69) is 0 Å². The first-order chi connectivity index (χ1) is 23.3. The average molecular weight is 667 g/mol. The van der Waals surface area contributed by atoms with Gasteiger partial charge >= 0.3 is 17.9 Å². The zero-order chi connectivity index (χ0) is 35.4. The number of carbonyl (C=O) groups excluding carboxylic acids is 3. The topological polar surface area (TPSA) is 107 Å². The van der Waals surface area contributed by atoms with E-state index in [9.17, 15) is 14.4 Å². The molecule has 48 heavy (non-hydrogen) atoms. The lowest BCUT2D eigenvalue weighted by Gasteiger charge is -2.12. The second-order valence-electron chi connectivity index (χ2n) is 10.8. The van der Waals surface area contributed by atoms with Crippen LogP contribution in [0.3, 0.4) is 0 Å². The van der Waals surface area contributed by atoms with Gasteiger partial charge in [0.15, 0.2) is 0 Å². The minimum Gasteiger partial charge on any atom is -0.461 e. The number of carbonyl (C=O) groups is 3. The normalized spacial score (nSPS) is 12.1. The van der Waals surface area contributed by atoms with E-state index in [-0.39, 0.29) is 36.2 Å². The van der Waals surface area contributed by atoms with Gasteiger partial charge in [0.1, 0.15) is 19.8 Å². The predicted molar refractivity (Wildman–Crippen MR) is 186 cm³/mol. The number of hydrogen-bond acceptors (Lipinski definition) is 9. The Morgan fingerprint density at radius 3 is 0.854 bits per heavy atom. The third kappa shape index (κ3) is 20.2. The lowest BCUT2D eigenvalue weighted by atomic mass is 10.2. The van der Waals surface area contributed by atoms with Crippen molar-refractivity contribution in [3.8, 4) is 0 Å². The summed E-state index contributed by atoms with van der Waals surface area (Å²) in [5.41, 5.74) is 3.00. The van der Waals surface area contributed by atoms with Crippen LogP contribution in [-0.2, 0) is 62.6 Å². The molecule has 0 saturated carbocycles. The summed E-state index contributed by atoms with van der Waals surface area (Å²) < 4.78 is 30.8. The van der Waals surface area contributed by atoms with E-state index in [0.717, 1.165) is 36.0 Å². The van der Waals surface area contributed by atoms with Gasteiger partial charge in [0.05, 0.1) is 37.6 Å². The second kappa shape index (κ2) is 27.0. The zero-order valence-corrected chi connectivity index (χ0v) is 29.4. The highest BCUT2D eigenvalue weighted by Crippen LogP contribution is 2.09. The summed E-state index contributed by atoms with van der Waals surface area (Å²) in [7, 11) is 4.83. The van der Waals surface area contributed by atoms with Gasteiger partial charge in [0.2, 0.25) is 0 Å². The summed E-state index contributed by atoms with van der Waals surface area (Å²) in [5.74, 6) is -0.632. The molecular weight excluding hydrogens is 612 g/mol. The molecule has 0 fully saturated rings. The summed E-state index contributed by atoms with van der Waals surface area (Å²) in [6.07, 6.45) is 3.29. The summed E-state index contributed by atoms with van der Waals surface area (Å²) in [6.45, 7) is 6.95. The molecule has 3 aromatic rings. The molecule has 3 unspecified atom stereocenters. The molecule has 3 rings (SSSR count). The molecule has 0 amide bonds. The Hall–Kier alpha value is -4.05. The monoisotopic (exact) mass is 666 g/mol.